The van der Waals surface area contributed by atoms with Gasteiger partial charge in [0.15, 0.2) is 0 Å². The Morgan fingerprint density at radius 3 is 2.35 bits per heavy atom. The Labute approximate surface area is 109 Å². The van der Waals surface area contributed by atoms with Gasteiger partial charge in [-0.1, -0.05) is 45.3 Å². The monoisotopic (exact) mass is 239 g/mol. The van der Waals surface area contributed by atoms with Gasteiger partial charge < -0.3 is 5.32 Å². The summed E-state index contributed by atoms with van der Waals surface area (Å²) < 4.78 is 0. The number of hydrogen-bond acceptors (Lipinski definition) is 1. The molecule has 0 bridgehead atoms. The lowest BCUT2D eigenvalue weighted by Crippen LogP contribution is -2.20. The van der Waals surface area contributed by atoms with Crippen LogP contribution >= 0.6 is 0 Å². The highest BCUT2D eigenvalue weighted by Gasteiger charge is 2.05. The highest BCUT2D eigenvalue weighted by Crippen LogP contribution is 2.21. The van der Waals surface area contributed by atoms with Crippen LogP contribution in [0, 0.1) is 5.92 Å². The van der Waals surface area contributed by atoms with Crippen LogP contribution in [0.1, 0.15) is 73.1 Å². The minimum Gasteiger partial charge on any atom is -0.317 e. The van der Waals surface area contributed by atoms with Crippen LogP contribution in [-0.4, -0.2) is 13.1 Å². The third-order valence-corrected chi connectivity index (χ3v) is 3.62. The second kappa shape index (κ2) is 10.8. The second-order valence-corrected chi connectivity index (χ2v) is 5.29. The number of hydrogen-bond donors (Lipinski definition) is 1. The lowest BCUT2D eigenvalue weighted by Gasteiger charge is -2.15. The lowest BCUT2D eigenvalue weighted by atomic mass is 9.94. The fourth-order valence-corrected chi connectivity index (χ4v) is 2.22. The average molecular weight is 239 g/mol. The van der Waals surface area contributed by atoms with E-state index in [1.165, 1.54) is 45.1 Å². The van der Waals surface area contributed by atoms with Gasteiger partial charge in [0.1, 0.15) is 0 Å². The Kier molecular flexibility index (Phi) is 10.6. The molecule has 0 saturated heterocycles. The molecule has 1 atom stereocenters. The zero-order chi connectivity index (χ0) is 13.1. The van der Waals surface area contributed by atoms with Crippen molar-refractivity contribution in [1.29, 1.82) is 0 Å². The van der Waals surface area contributed by atoms with Crippen molar-refractivity contribution >= 4 is 0 Å². The summed E-state index contributed by atoms with van der Waals surface area (Å²) in [5.41, 5.74) is 3.37. The second-order valence-electron chi connectivity index (χ2n) is 5.29. The van der Waals surface area contributed by atoms with Gasteiger partial charge in [-0.2, -0.15) is 0 Å². The maximum absolute atomic E-state index is 3.44. The van der Waals surface area contributed by atoms with Gasteiger partial charge >= 0.3 is 0 Å². The lowest BCUT2D eigenvalue weighted by molar-refractivity contribution is 0.485. The van der Waals surface area contributed by atoms with Crippen LogP contribution in [0.5, 0.6) is 0 Å². The van der Waals surface area contributed by atoms with E-state index < -0.39 is 0 Å². The molecule has 0 saturated carbocycles. The Morgan fingerprint density at radius 1 is 1.12 bits per heavy atom. The van der Waals surface area contributed by atoms with Crippen LogP contribution in [-0.2, 0) is 0 Å². The minimum atomic E-state index is 0.801. The first-order valence-electron chi connectivity index (χ1n) is 7.53. The number of nitrogens with one attached hydrogen (secondary N) is 1. The third-order valence-electron chi connectivity index (χ3n) is 3.62. The molecular formula is C16H33N. The van der Waals surface area contributed by atoms with Crippen LogP contribution in [0.4, 0.5) is 0 Å². The summed E-state index contributed by atoms with van der Waals surface area (Å²) in [6.07, 6.45) is 7.84. The number of allylic oxidation sites excluding steroid dienone is 2. The molecule has 1 nitrogen and oxygen atoms in total. The zero-order valence-electron chi connectivity index (χ0n) is 12.7. The fourth-order valence-electron chi connectivity index (χ4n) is 2.22. The molecule has 102 valence electrons. The molecule has 0 aliphatic rings. The first-order chi connectivity index (χ1) is 8.15. The van der Waals surface area contributed by atoms with E-state index in [1.807, 2.05) is 0 Å². The topological polar surface area (TPSA) is 12.0 Å². The molecule has 0 amide bonds. The van der Waals surface area contributed by atoms with E-state index in [9.17, 15) is 0 Å². The van der Waals surface area contributed by atoms with Gasteiger partial charge in [0, 0.05) is 0 Å². The molecule has 0 aliphatic carbocycles. The van der Waals surface area contributed by atoms with E-state index in [2.05, 4.69) is 39.9 Å². The molecule has 0 spiro atoms. The Bertz CT molecular complexity index is 206. The molecule has 17 heavy (non-hydrogen) atoms. The summed E-state index contributed by atoms with van der Waals surface area (Å²) in [4.78, 5) is 0. The van der Waals surface area contributed by atoms with E-state index in [0.29, 0.717) is 0 Å². The fraction of sp³-hybridized carbons (Fsp3) is 0.875. The molecule has 0 radical (unpaired) electrons. The van der Waals surface area contributed by atoms with Crippen molar-refractivity contribution in [1.82, 2.24) is 5.32 Å². The van der Waals surface area contributed by atoms with E-state index in [-0.39, 0.29) is 0 Å². The summed E-state index contributed by atoms with van der Waals surface area (Å²) in [5, 5.41) is 3.44. The molecule has 0 heterocycles. The van der Waals surface area contributed by atoms with Gasteiger partial charge in [-0.3, -0.25) is 0 Å². The highest BCUT2D eigenvalue weighted by atomic mass is 14.8. The first kappa shape index (κ1) is 16.7. The average Bonchev–Trinajstić information content (AvgIpc) is 2.34. The van der Waals surface area contributed by atoms with Crippen LogP contribution in [0.2, 0.25) is 0 Å². The smallest absolute Gasteiger partial charge is 0.00232 e. The van der Waals surface area contributed by atoms with Crippen molar-refractivity contribution in [3.8, 4) is 0 Å². The van der Waals surface area contributed by atoms with Gasteiger partial charge in [0.2, 0.25) is 0 Å². The predicted octanol–water partition coefficient (Wildman–Crippen LogP) is 4.93. The molecule has 0 rings (SSSR count). The summed E-state index contributed by atoms with van der Waals surface area (Å²) in [5.74, 6) is 0.801. The van der Waals surface area contributed by atoms with Crippen molar-refractivity contribution in [2.24, 2.45) is 5.92 Å². The predicted molar refractivity (Wildman–Crippen MR) is 79.5 cm³/mol. The van der Waals surface area contributed by atoms with Crippen LogP contribution in [0.3, 0.4) is 0 Å². The van der Waals surface area contributed by atoms with Crippen molar-refractivity contribution in [2.75, 3.05) is 13.1 Å². The quantitative estimate of drug-likeness (QED) is 0.533. The SMILES string of the molecule is CCCCC(C)=C(CC)CCC(C)CNCC. The molecule has 1 unspecified atom stereocenters. The highest BCUT2D eigenvalue weighted by molar-refractivity contribution is 5.11. The largest absolute Gasteiger partial charge is 0.317 e. The van der Waals surface area contributed by atoms with Crippen LogP contribution in [0.25, 0.3) is 0 Å². The van der Waals surface area contributed by atoms with E-state index in [4.69, 9.17) is 0 Å². The zero-order valence-corrected chi connectivity index (χ0v) is 12.7. The molecule has 0 aliphatic heterocycles. The number of unbranched alkanes of at least 4 members (excludes halogenated alkanes) is 1. The van der Waals surface area contributed by atoms with Crippen molar-refractivity contribution in [2.45, 2.75) is 73.1 Å². The molecular weight excluding hydrogens is 206 g/mol. The van der Waals surface area contributed by atoms with Gasteiger partial charge in [0.25, 0.3) is 0 Å². The van der Waals surface area contributed by atoms with E-state index >= 15 is 0 Å². The van der Waals surface area contributed by atoms with Crippen LogP contribution < -0.4 is 5.32 Å². The summed E-state index contributed by atoms with van der Waals surface area (Å²) in [6.45, 7) is 13.7. The van der Waals surface area contributed by atoms with Crippen molar-refractivity contribution in [3.05, 3.63) is 11.1 Å². The molecule has 0 fully saturated rings. The van der Waals surface area contributed by atoms with Gasteiger partial charge in [0.05, 0.1) is 0 Å². The first-order valence-corrected chi connectivity index (χ1v) is 7.53. The Balaban J connectivity index is 4.02. The molecule has 0 aromatic rings. The molecule has 1 heteroatoms. The van der Waals surface area contributed by atoms with E-state index in [0.717, 1.165) is 12.5 Å². The molecule has 0 aromatic heterocycles. The Morgan fingerprint density at radius 2 is 1.82 bits per heavy atom. The maximum atomic E-state index is 3.44. The maximum Gasteiger partial charge on any atom is -0.00232 e. The third kappa shape index (κ3) is 8.43. The standard InChI is InChI=1S/C16H33N/c1-6-9-10-15(5)16(7-2)12-11-14(4)13-17-8-3/h14,17H,6-13H2,1-5H3. The van der Waals surface area contributed by atoms with Crippen molar-refractivity contribution in [3.63, 3.8) is 0 Å². The number of rotatable bonds is 10. The van der Waals surface area contributed by atoms with Gasteiger partial charge in [-0.15, -0.1) is 0 Å². The van der Waals surface area contributed by atoms with Crippen LogP contribution in [0.15, 0.2) is 11.1 Å². The normalized spacial score (nSPS) is 14.6. The molecule has 0 aromatic carbocycles. The summed E-state index contributed by atoms with van der Waals surface area (Å²) in [6, 6.07) is 0. The van der Waals surface area contributed by atoms with E-state index in [1.54, 1.807) is 11.1 Å². The summed E-state index contributed by atoms with van der Waals surface area (Å²) >= 11 is 0. The van der Waals surface area contributed by atoms with Crippen molar-refractivity contribution < 1.29 is 0 Å². The Hall–Kier alpha value is -0.300. The minimum absolute atomic E-state index is 0.801. The van der Waals surface area contributed by atoms with Gasteiger partial charge in [-0.05, 0) is 58.0 Å². The summed E-state index contributed by atoms with van der Waals surface area (Å²) in [7, 11) is 0. The van der Waals surface area contributed by atoms with Gasteiger partial charge in [-0.25, -0.2) is 0 Å². The molecule has 1 N–H and O–H groups in total.